The summed E-state index contributed by atoms with van der Waals surface area (Å²) < 4.78 is 5.23. The average Bonchev–Trinajstić information content (AvgIpc) is 2.87. The van der Waals surface area contributed by atoms with Gasteiger partial charge in [-0.05, 0) is 55.0 Å². The normalized spacial score (nSPS) is 17.9. The molecular formula is C25H27ClN6O3. The van der Waals surface area contributed by atoms with Gasteiger partial charge in [0.25, 0.3) is 0 Å². The van der Waals surface area contributed by atoms with Gasteiger partial charge >= 0.3 is 6.03 Å². The number of methoxy groups -OCH3 is 1. The number of halogens is 1. The Kier molecular flexibility index (Phi) is 8.12. The first-order valence-corrected chi connectivity index (χ1v) is 11.6. The second-order valence-corrected chi connectivity index (χ2v) is 8.66. The predicted molar refractivity (Wildman–Crippen MR) is 135 cm³/mol. The van der Waals surface area contributed by atoms with Crippen LogP contribution in [0.5, 0.6) is 5.75 Å². The molecule has 0 aliphatic carbocycles. The van der Waals surface area contributed by atoms with Crippen molar-refractivity contribution in [3.05, 3.63) is 77.7 Å². The first kappa shape index (κ1) is 24.4. The number of nitrogens with zero attached hydrogens (tertiary/aromatic N) is 3. The highest BCUT2D eigenvalue weighted by atomic mass is 35.5. The van der Waals surface area contributed by atoms with Crippen LogP contribution in [0.1, 0.15) is 18.0 Å². The number of hydrogen-bond acceptors (Lipinski definition) is 6. The fourth-order valence-electron chi connectivity index (χ4n) is 4.06. The molecular weight excluding hydrogens is 468 g/mol. The summed E-state index contributed by atoms with van der Waals surface area (Å²) in [7, 11) is 1.59. The molecule has 9 nitrogen and oxygen atoms in total. The summed E-state index contributed by atoms with van der Waals surface area (Å²) in [6.07, 6.45) is 3.95. The number of carbonyl (C=O) groups is 2. The summed E-state index contributed by atoms with van der Waals surface area (Å²) in [5.74, 6) is 0.910. The molecule has 1 fully saturated rings. The third-order valence-electron chi connectivity index (χ3n) is 5.79. The Hall–Kier alpha value is -3.69. The van der Waals surface area contributed by atoms with Gasteiger partial charge in [0.2, 0.25) is 5.91 Å². The van der Waals surface area contributed by atoms with Crippen LogP contribution in [0, 0.1) is 0 Å². The lowest BCUT2D eigenvalue weighted by Crippen LogP contribution is -2.52. The first-order valence-electron chi connectivity index (χ1n) is 11.3. The smallest absolute Gasteiger partial charge is 0.319 e. The molecule has 3 N–H and O–H groups in total. The minimum absolute atomic E-state index is 0.117. The van der Waals surface area contributed by atoms with Crippen molar-refractivity contribution in [2.24, 2.45) is 0 Å². The van der Waals surface area contributed by atoms with Crippen molar-refractivity contribution in [3.63, 3.8) is 0 Å². The molecule has 2 atom stereocenters. The molecule has 0 radical (unpaired) electrons. The molecule has 4 rings (SSSR count). The van der Waals surface area contributed by atoms with E-state index in [1.54, 1.807) is 55.9 Å². The number of piperidine rings is 1. The van der Waals surface area contributed by atoms with Crippen molar-refractivity contribution in [2.45, 2.75) is 18.4 Å². The molecule has 1 saturated heterocycles. The molecule has 1 aliphatic rings. The molecule has 0 bridgehead atoms. The van der Waals surface area contributed by atoms with Crippen molar-refractivity contribution in [2.75, 3.05) is 37.4 Å². The van der Waals surface area contributed by atoms with Gasteiger partial charge in [0.1, 0.15) is 11.6 Å². The molecule has 182 valence electrons. The highest BCUT2D eigenvalue weighted by Gasteiger charge is 2.33. The Balaban J connectivity index is 1.43. The fraction of sp³-hybridized carbons (Fsp3) is 0.280. The monoisotopic (exact) mass is 494 g/mol. The Morgan fingerprint density at radius 3 is 2.60 bits per heavy atom. The number of hydrogen-bond donors (Lipinski definition) is 3. The summed E-state index contributed by atoms with van der Waals surface area (Å²) in [5.41, 5.74) is 1.46. The maximum Gasteiger partial charge on any atom is 0.319 e. The zero-order valence-corrected chi connectivity index (χ0v) is 20.0. The van der Waals surface area contributed by atoms with Crippen molar-refractivity contribution in [1.82, 2.24) is 20.2 Å². The van der Waals surface area contributed by atoms with Crippen molar-refractivity contribution < 1.29 is 14.3 Å². The molecule has 3 aromatic rings. The SMILES string of the molecule is COc1ccc([C@@H]2CN(CC(=O)Nc3ccccn3)CC[C@H]2NC(=O)Nc2ccc(Cl)cc2)nc1. The minimum Gasteiger partial charge on any atom is -0.495 e. The van der Waals surface area contributed by atoms with E-state index in [4.69, 9.17) is 16.3 Å². The van der Waals surface area contributed by atoms with Gasteiger partial charge in [0.05, 0.1) is 19.9 Å². The molecule has 1 aromatic carbocycles. The van der Waals surface area contributed by atoms with Gasteiger partial charge in [-0.25, -0.2) is 9.78 Å². The Morgan fingerprint density at radius 2 is 1.91 bits per heavy atom. The molecule has 0 saturated carbocycles. The van der Waals surface area contributed by atoms with E-state index in [9.17, 15) is 9.59 Å². The lowest BCUT2D eigenvalue weighted by molar-refractivity contribution is -0.117. The van der Waals surface area contributed by atoms with E-state index in [1.807, 2.05) is 18.2 Å². The van der Waals surface area contributed by atoms with E-state index in [-0.39, 0.29) is 30.4 Å². The second kappa shape index (κ2) is 11.6. The molecule has 2 aromatic heterocycles. The van der Waals surface area contributed by atoms with E-state index in [2.05, 4.69) is 30.8 Å². The Morgan fingerprint density at radius 1 is 1.09 bits per heavy atom. The largest absolute Gasteiger partial charge is 0.495 e. The van der Waals surface area contributed by atoms with Crippen LogP contribution in [0.3, 0.4) is 0 Å². The molecule has 3 heterocycles. The van der Waals surface area contributed by atoms with E-state index < -0.39 is 0 Å². The van der Waals surface area contributed by atoms with Crippen molar-refractivity contribution >= 4 is 35.0 Å². The number of amides is 3. The number of rotatable bonds is 7. The molecule has 1 aliphatic heterocycles. The quantitative estimate of drug-likeness (QED) is 0.461. The number of nitrogens with one attached hydrogen (secondary N) is 3. The summed E-state index contributed by atoms with van der Waals surface area (Å²) in [5, 5.41) is 9.34. The minimum atomic E-state index is -0.308. The number of carbonyl (C=O) groups excluding carboxylic acids is 2. The molecule has 0 unspecified atom stereocenters. The number of aromatic nitrogens is 2. The van der Waals surface area contributed by atoms with Crippen molar-refractivity contribution in [3.8, 4) is 5.75 Å². The van der Waals surface area contributed by atoms with Crippen LogP contribution < -0.4 is 20.7 Å². The standard InChI is InChI=1S/C25H27ClN6O3/c1-35-19-9-10-21(28-14-19)20-15-32(16-24(33)31-23-4-2-3-12-27-23)13-11-22(20)30-25(34)29-18-7-5-17(26)6-8-18/h2-10,12,14,20,22H,11,13,15-16H2,1H3,(H,27,31,33)(H2,29,30,34)/t20-,22+/m0/s1. The molecule has 0 spiro atoms. The number of benzene rings is 1. The first-order chi connectivity index (χ1) is 17.0. The molecule has 10 heteroatoms. The second-order valence-electron chi connectivity index (χ2n) is 8.23. The third-order valence-corrected chi connectivity index (χ3v) is 6.04. The van der Waals surface area contributed by atoms with Crippen LogP contribution >= 0.6 is 11.6 Å². The highest BCUT2D eigenvalue weighted by Crippen LogP contribution is 2.27. The Labute approximate surface area is 208 Å². The van der Waals surface area contributed by atoms with Gasteiger partial charge < -0.3 is 20.7 Å². The zero-order valence-electron chi connectivity index (χ0n) is 19.3. The number of pyridine rings is 2. The highest BCUT2D eigenvalue weighted by molar-refractivity contribution is 6.30. The van der Waals surface area contributed by atoms with E-state index in [0.717, 1.165) is 5.69 Å². The summed E-state index contributed by atoms with van der Waals surface area (Å²) in [6, 6.07) is 15.6. The Bertz CT molecular complexity index is 1130. The topological polar surface area (TPSA) is 108 Å². The van der Waals surface area contributed by atoms with Gasteiger partial charge in [0, 0.05) is 47.7 Å². The fourth-order valence-corrected chi connectivity index (χ4v) is 4.18. The zero-order chi connectivity index (χ0) is 24.6. The maximum atomic E-state index is 12.7. The average molecular weight is 495 g/mol. The van der Waals surface area contributed by atoms with Crippen LogP contribution in [0.2, 0.25) is 5.02 Å². The van der Waals surface area contributed by atoms with Gasteiger partial charge in [-0.15, -0.1) is 0 Å². The van der Waals surface area contributed by atoms with Crippen molar-refractivity contribution in [1.29, 1.82) is 0 Å². The number of anilines is 2. The van der Waals surface area contributed by atoms with Gasteiger partial charge in [0.15, 0.2) is 0 Å². The van der Waals surface area contributed by atoms with E-state index in [0.29, 0.717) is 41.8 Å². The van der Waals surface area contributed by atoms with Gasteiger partial charge in [-0.3, -0.25) is 14.7 Å². The predicted octanol–water partition coefficient (Wildman–Crippen LogP) is 3.76. The number of ether oxygens (including phenoxy) is 1. The van der Waals surface area contributed by atoms with Crippen LogP contribution in [-0.4, -0.2) is 59.6 Å². The van der Waals surface area contributed by atoms with Crippen LogP contribution in [0.15, 0.2) is 67.0 Å². The van der Waals surface area contributed by atoms with Crippen LogP contribution in [-0.2, 0) is 4.79 Å². The molecule has 35 heavy (non-hydrogen) atoms. The molecule has 3 amide bonds. The lowest BCUT2D eigenvalue weighted by Gasteiger charge is -2.38. The van der Waals surface area contributed by atoms with Gasteiger partial charge in [-0.2, -0.15) is 0 Å². The van der Waals surface area contributed by atoms with E-state index >= 15 is 0 Å². The number of likely N-dealkylation sites (tertiary alicyclic amines) is 1. The van der Waals surface area contributed by atoms with Crippen LogP contribution in [0.4, 0.5) is 16.3 Å². The van der Waals surface area contributed by atoms with Crippen LogP contribution in [0.25, 0.3) is 0 Å². The number of urea groups is 1. The summed E-state index contributed by atoms with van der Waals surface area (Å²) in [4.78, 5) is 36.1. The maximum absolute atomic E-state index is 12.7. The van der Waals surface area contributed by atoms with Gasteiger partial charge in [-0.1, -0.05) is 17.7 Å². The summed E-state index contributed by atoms with van der Waals surface area (Å²) in [6.45, 7) is 1.42. The van der Waals surface area contributed by atoms with E-state index in [1.165, 1.54) is 0 Å². The third kappa shape index (κ3) is 6.91. The lowest BCUT2D eigenvalue weighted by atomic mass is 9.88. The summed E-state index contributed by atoms with van der Waals surface area (Å²) >= 11 is 5.93.